The van der Waals surface area contributed by atoms with Crippen LogP contribution >= 0.6 is 0 Å². The van der Waals surface area contributed by atoms with E-state index in [0.717, 1.165) is 39.3 Å². The van der Waals surface area contributed by atoms with Crippen molar-refractivity contribution in [3.63, 3.8) is 0 Å². The summed E-state index contributed by atoms with van der Waals surface area (Å²) in [6.45, 7) is 8.97. The van der Waals surface area contributed by atoms with E-state index in [1.54, 1.807) is 0 Å². The number of nitrogens with one attached hydrogen (secondary N) is 3. The summed E-state index contributed by atoms with van der Waals surface area (Å²) in [5.41, 5.74) is 0. The van der Waals surface area contributed by atoms with Gasteiger partial charge in [-0.1, -0.05) is 6.08 Å². The predicted molar refractivity (Wildman–Crippen MR) is 67.2 cm³/mol. The molecule has 0 bridgehead atoms. The van der Waals surface area contributed by atoms with Crippen LogP contribution in [0.15, 0.2) is 12.7 Å². The van der Waals surface area contributed by atoms with Gasteiger partial charge in [-0.15, -0.1) is 6.58 Å². The molecule has 18 heavy (non-hydrogen) atoms. The molecule has 102 valence electrons. The highest BCUT2D eigenvalue weighted by Crippen LogP contribution is 1.78. The highest BCUT2D eigenvalue weighted by molar-refractivity contribution is 6.35. The third kappa shape index (κ3) is 5.79. The average molecular weight is 256 g/mol. The first-order chi connectivity index (χ1) is 8.74. The van der Waals surface area contributed by atoms with Gasteiger partial charge in [0, 0.05) is 19.5 Å². The number of rotatable bonds is 6. The van der Waals surface area contributed by atoms with Gasteiger partial charge < -0.3 is 20.3 Å². The summed E-state index contributed by atoms with van der Waals surface area (Å²) in [6, 6.07) is 0. The summed E-state index contributed by atoms with van der Waals surface area (Å²) >= 11 is 0. The Morgan fingerprint density at radius 2 is 1.89 bits per heavy atom. The van der Waals surface area contributed by atoms with Crippen LogP contribution in [0.4, 0.5) is 0 Å². The Labute approximate surface area is 107 Å². The third-order valence-corrected chi connectivity index (χ3v) is 2.81. The number of hydrogen-bond donors (Lipinski definition) is 3. The van der Waals surface area contributed by atoms with E-state index in [9.17, 15) is 9.59 Å². The minimum Gasteiger partial charge on any atom is -0.370 e. The average Bonchev–Trinajstić information content (AvgIpc) is 2.41. The molecule has 0 spiro atoms. The van der Waals surface area contributed by atoms with Crippen molar-refractivity contribution in [2.75, 3.05) is 45.9 Å². The molecule has 1 saturated heterocycles. The Kier molecular flexibility index (Phi) is 7.05. The maximum atomic E-state index is 11.3. The van der Waals surface area contributed by atoms with E-state index >= 15 is 0 Å². The van der Waals surface area contributed by atoms with Gasteiger partial charge in [0.25, 0.3) is 0 Å². The van der Waals surface area contributed by atoms with Crippen LogP contribution in [-0.4, -0.2) is 57.8 Å². The lowest BCUT2D eigenvalue weighted by Crippen LogP contribution is -3.14. The van der Waals surface area contributed by atoms with E-state index in [4.69, 9.17) is 4.74 Å². The topological polar surface area (TPSA) is 71.9 Å². The summed E-state index contributed by atoms with van der Waals surface area (Å²) in [5, 5.41) is 5.03. The highest BCUT2D eigenvalue weighted by Gasteiger charge is 2.14. The molecular weight excluding hydrogens is 234 g/mol. The molecular formula is C12H22N3O3+. The standard InChI is InChI=1S/C12H21N3O3/c1-2-4-13-11(16)12(17)14-5-3-6-15-7-9-18-10-8-15/h2H,1,3-10H2,(H,13,16)(H,14,17)/p+1. The van der Waals surface area contributed by atoms with E-state index < -0.39 is 11.8 Å². The normalized spacial score (nSPS) is 16.0. The number of morpholine rings is 1. The van der Waals surface area contributed by atoms with Crippen LogP contribution in [0.1, 0.15) is 6.42 Å². The zero-order valence-electron chi connectivity index (χ0n) is 10.7. The van der Waals surface area contributed by atoms with E-state index in [0.29, 0.717) is 13.1 Å². The molecule has 0 unspecified atom stereocenters. The zero-order valence-corrected chi connectivity index (χ0v) is 10.7. The maximum Gasteiger partial charge on any atom is 0.309 e. The molecule has 1 rings (SSSR count). The van der Waals surface area contributed by atoms with Gasteiger partial charge in [-0.2, -0.15) is 0 Å². The van der Waals surface area contributed by atoms with Gasteiger partial charge in [-0.05, 0) is 0 Å². The molecule has 1 heterocycles. The number of carbonyl (C=O) groups is 2. The molecule has 0 aromatic rings. The van der Waals surface area contributed by atoms with Crippen molar-refractivity contribution in [3.05, 3.63) is 12.7 Å². The van der Waals surface area contributed by atoms with Crippen LogP contribution in [0.3, 0.4) is 0 Å². The van der Waals surface area contributed by atoms with Gasteiger partial charge in [0.05, 0.1) is 19.8 Å². The Morgan fingerprint density at radius 1 is 1.22 bits per heavy atom. The monoisotopic (exact) mass is 256 g/mol. The van der Waals surface area contributed by atoms with Crippen molar-refractivity contribution in [2.45, 2.75) is 6.42 Å². The molecule has 1 fully saturated rings. The van der Waals surface area contributed by atoms with E-state index in [2.05, 4.69) is 17.2 Å². The molecule has 6 nitrogen and oxygen atoms in total. The van der Waals surface area contributed by atoms with Crippen molar-refractivity contribution in [1.82, 2.24) is 10.6 Å². The zero-order chi connectivity index (χ0) is 13.2. The first-order valence-electron chi connectivity index (χ1n) is 6.32. The fourth-order valence-corrected chi connectivity index (χ4v) is 1.78. The second kappa shape index (κ2) is 8.66. The van der Waals surface area contributed by atoms with Gasteiger partial charge in [0.15, 0.2) is 0 Å². The van der Waals surface area contributed by atoms with E-state index in [1.807, 2.05) is 0 Å². The van der Waals surface area contributed by atoms with E-state index in [-0.39, 0.29) is 0 Å². The van der Waals surface area contributed by atoms with Gasteiger partial charge in [0.2, 0.25) is 0 Å². The van der Waals surface area contributed by atoms with Gasteiger partial charge >= 0.3 is 11.8 Å². The van der Waals surface area contributed by atoms with Crippen molar-refractivity contribution in [2.24, 2.45) is 0 Å². The molecule has 0 radical (unpaired) electrons. The predicted octanol–water partition coefficient (Wildman–Crippen LogP) is -2.29. The Hall–Kier alpha value is -1.40. The third-order valence-electron chi connectivity index (χ3n) is 2.81. The van der Waals surface area contributed by atoms with Crippen LogP contribution in [0.2, 0.25) is 0 Å². The van der Waals surface area contributed by atoms with Crippen molar-refractivity contribution >= 4 is 11.8 Å². The van der Waals surface area contributed by atoms with Crippen LogP contribution < -0.4 is 15.5 Å². The SMILES string of the molecule is C=CCNC(=O)C(=O)NCCC[NH+]1CCOCC1. The largest absolute Gasteiger partial charge is 0.370 e. The molecule has 1 aliphatic heterocycles. The summed E-state index contributed by atoms with van der Waals surface area (Å²) in [7, 11) is 0. The van der Waals surface area contributed by atoms with Crippen molar-refractivity contribution < 1.29 is 19.2 Å². The van der Waals surface area contributed by atoms with Crippen LogP contribution in [0, 0.1) is 0 Å². The minimum atomic E-state index is -0.603. The molecule has 0 aliphatic carbocycles. The fourth-order valence-electron chi connectivity index (χ4n) is 1.78. The lowest BCUT2D eigenvalue weighted by atomic mass is 10.3. The molecule has 0 atom stereocenters. The Balaban J connectivity index is 2.04. The van der Waals surface area contributed by atoms with Crippen LogP contribution in [-0.2, 0) is 14.3 Å². The summed E-state index contributed by atoms with van der Waals surface area (Å²) < 4.78 is 5.26. The number of carbonyl (C=O) groups excluding carboxylic acids is 2. The molecule has 2 amide bonds. The second-order valence-electron chi connectivity index (χ2n) is 4.22. The number of ether oxygens (including phenoxy) is 1. The lowest BCUT2D eigenvalue weighted by Gasteiger charge is -2.23. The molecule has 1 aliphatic rings. The number of hydrogen-bond acceptors (Lipinski definition) is 3. The smallest absolute Gasteiger partial charge is 0.309 e. The molecule has 0 aromatic carbocycles. The van der Waals surface area contributed by atoms with E-state index in [1.165, 1.54) is 11.0 Å². The second-order valence-corrected chi connectivity index (χ2v) is 4.22. The molecule has 0 aromatic heterocycles. The summed E-state index contributed by atoms with van der Waals surface area (Å²) in [6.07, 6.45) is 2.41. The lowest BCUT2D eigenvalue weighted by molar-refractivity contribution is -0.908. The maximum absolute atomic E-state index is 11.3. The molecule has 3 N–H and O–H groups in total. The number of amides is 2. The molecule has 0 saturated carbocycles. The van der Waals surface area contributed by atoms with Gasteiger partial charge in [-0.3, -0.25) is 9.59 Å². The minimum absolute atomic E-state index is 0.310. The summed E-state index contributed by atoms with van der Waals surface area (Å²) in [4.78, 5) is 24.0. The van der Waals surface area contributed by atoms with Crippen molar-refractivity contribution in [3.8, 4) is 0 Å². The van der Waals surface area contributed by atoms with Crippen molar-refractivity contribution in [1.29, 1.82) is 0 Å². The fraction of sp³-hybridized carbons (Fsp3) is 0.667. The van der Waals surface area contributed by atoms with Gasteiger partial charge in [-0.25, -0.2) is 0 Å². The Bertz CT molecular complexity index is 288. The summed E-state index contributed by atoms with van der Waals surface area (Å²) in [5.74, 6) is -1.18. The first-order valence-corrected chi connectivity index (χ1v) is 6.32. The first kappa shape index (κ1) is 14.7. The van der Waals surface area contributed by atoms with Crippen LogP contribution in [0.5, 0.6) is 0 Å². The highest BCUT2D eigenvalue weighted by atomic mass is 16.5. The molecule has 6 heteroatoms. The Morgan fingerprint density at radius 3 is 2.56 bits per heavy atom. The van der Waals surface area contributed by atoms with Crippen LogP contribution in [0.25, 0.3) is 0 Å². The van der Waals surface area contributed by atoms with Gasteiger partial charge in [0.1, 0.15) is 13.1 Å². The quantitative estimate of drug-likeness (QED) is 0.285. The number of quaternary nitrogens is 1.